The van der Waals surface area contributed by atoms with Crippen molar-refractivity contribution in [2.75, 3.05) is 20.3 Å². The molecule has 0 aliphatic carbocycles. The van der Waals surface area contributed by atoms with Gasteiger partial charge in [0.2, 0.25) is 5.91 Å². The standard InChI is InChI=1S/C23H24N2O5/c1-15(26)18-13-25(19-7-4-3-6-17(18)19)14-23(27)24-12-16-10-21-22(11-20(16)28-2)30-9-5-8-29-21/h3-4,6-7,10-11,13H,5,8-9,12,14H2,1-2H3,(H,24,27). The Kier molecular flexibility index (Phi) is 5.61. The van der Waals surface area contributed by atoms with Crippen molar-refractivity contribution < 1.29 is 23.8 Å². The molecule has 7 nitrogen and oxygen atoms in total. The van der Waals surface area contributed by atoms with Crippen molar-refractivity contribution in [3.05, 3.63) is 53.7 Å². The minimum absolute atomic E-state index is 0.0257. The number of ether oxygens (including phenoxy) is 3. The molecule has 0 unspecified atom stereocenters. The molecule has 1 aliphatic rings. The highest BCUT2D eigenvalue weighted by Crippen LogP contribution is 2.36. The number of para-hydroxylation sites is 1. The van der Waals surface area contributed by atoms with E-state index in [2.05, 4.69) is 5.32 Å². The largest absolute Gasteiger partial charge is 0.496 e. The van der Waals surface area contributed by atoms with Crippen molar-refractivity contribution in [3.63, 3.8) is 0 Å². The molecule has 1 aromatic heterocycles. The Hall–Kier alpha value is -3.48. The molecule has 30 heavy (non-hydrogen) atoms. The molecule has 7 heteroatoms. The monoisotopic (exact) mass is 408 g/mol. The van der Waals surface area contributed by atoms with Crippen molar-refractivity contribution in [3.8, 4) is 17.2 Å². The van der Waals surface area contributed by atoms with E-state index in [-0.39, 0.29) is 24.8 Å². The fourth-order valence-corrected chi connectivity index (χ4v) is 3.62. The number of ketones is 1. The number of hydrogen-bond donors (Lipinski definition) is 1. The molecule has 2 aromatic carbocycles. The highest BCUT2D eigenvalue weighted by molar-refractivity contribution is 6.07. The Morgan fingerprint density at radius 1 is 1.13 bits per heavy atom. The molecule has 0 saturated heterocycles. The summed E-state index contributed by atoms with van der Waals surface area (Å²) in [4.78, 5) is 24.6. The minimum atomic E-state index is -0.167. The number of fused-ring (bicyclic) bond motifs is 2. The van der Waals surface area contributed by atoms with E-state index in [0.717, 1.165) is 22.9 Å². The quantitative estimate of drug-likeness (QED) is 0.633. The fourth-order valence-electron chi connectivity index (χ4n) is 3.62. The van der Waals surface area contributed by atoms with Crippen molar-refractivity contribution in [1.29, 1.82) is 0 Å². The molecule has 0 fully saturated rings. The number of aromatic nitrogens is 1. The second-order valence-corrected chi connectivity index (χ2v) is 7.18. The van der Waals surface area contributed by atoms with Gasteiger partial charge in [-0.25, -0.2) is 0 Å². The Balaban J connectivity index is 1.50. The van der Waals surface area contributed by atoms with Crippen LogP contribution < -0.4 is 19.5 Å². The molecular formula is C23H24N2O5. The maximum Gasteiger partial charge on any atom is 0.240 e. The lowest BCUT2D eigenvalue weighted by Crippen LogP contribution is -2.27. The van der Waals surface area contributed by atoms with E-state index in [0.29, 0.717) is 36.0 Å². The molecule has 156 valence electrons. The van der Waals surface area contributed by atoms with Gasteiger partial charge < -0.3 is 24.1 Å². The van der Waals surface area contributed by atoms with E-state index in [1.165, 1.54) is 6.92 Å². The van der Waals surface area contributed by atoms with Gasteiger partial charge in [-0.05, 0) is 19.1 Å². The van der Waals surface area contributed by atoms with Crippen LogP contribution in [0, 0.1) is 0 Å². The normalized spacial score (nSPS) is 13.0. The zero-order valence-corrected chi connectivity index (χ0v) is 17.1. The lowest BCUT2D eigenvalue weighted by molar-refractivity contribution is -0.121. The molecular weight excluding hydrogens is 384 g/mol. The Labute approximate surface area is 174 Å². The maximum absolute atomic E-state index is 12.6. The van der Waals surface area contributed by atoms with Gasteiger partial charge in [-0.3, -0.25) is 9.59 Å². The maximum atomic E-state index is 12.6. The van der Waals surface area contributed by atoms with E-state index in [9.17, 15) is 9.59 Å². The lowest BCUT2D eigenvalue weighted by atomic mass is 10.1. The Morgan fingerprint density at radius 2 is 1.87 bits per heavy atom. The van der Waals surface area contributed by atoms with E-state index in [1.54, 1.807) is 23.9 Å². The highest BCUT2D eigenvalue weighted by Gasteiger charge is 2.17. The third-order valence-electron chi connectivity index (χ3n) is 5.11. The van der Waals surface area contributed by atoms with Gasteiger partial charge in [0.05, 0.1) is 20.3 Å². The van der Waals surface area contributed by atoms with Gasteiger partial charge in [0.15, 0.2) is 17.3 Å². The van der Waals surface area contributed by atoms with E-state index in [4.69, 9.17) is 14.2 Å². The van der Waals surface area contributed by atoms with Gasteiger partial charge in [0, 0.05) is 47.3 Å². The van der Waals surface area contributed by atoms with Crippen LogP contribution >= 0.6 is 0 Å². The first-order valence-corrected chi connectivity index (χ1v) is 9.89. The smallest absolute Gasteiger partial charge is 0.240 e. The zero-order chi connectivity index (χ0) is 21.1. The predicted octanol–water partition coefficient (Wildman–Crippen LogP) is 3.33. The number of carbonyl (C=O) groups excluding carboxylic acids is 2. The first-order valence-electron chi connectivity index (χ1n) is 9.89. The number of carbonyl (C=O) groups is 2. The summed E-state index contributed by atoms with van der Waals surface area (Å²) < 4.78 is 18.7. The molecule has 0 spiro atoms. The summed E-state index contributed by atoms with van der Waals surface area (Å²) in [5.74, 6) is 1.74. The first-order chi connectivity index (χ1) is 14.6. The van der Waals surface area contributed by atoms with Gasteiger partial charge >= 0.3 is 0 Å². The van der Waals surface area contributed by atoms with E-state index >= 15 is 0 Å². The summed E-state index contributed by atoms with van der Waals surface area (Å²) in [6.07, 6.45) is 2.55. The zero-order valence-electron chi connectivity index (χ0n) is 17.1. The number of hydrogen-bond acceptors (Lipinski definition) is 5. The number of Topliss-reactive ketones (excluding diaryl/α,β-unsaturated/α-hetero) is 1. The first kappa shape index (κ1) is 19.8. The average molecular weight is 408 g/mol. The molecule has 0 radical (unpaired) electrons. The average Bonchev–Trinajstić information content (AvgIpc) is 2.95. The third kappa shape index (κ3) is 3.96. The van der Waals surface area contributed by atoms with E-state index < -0.39 is 0 Å². The van der Waals surface area contributed by atoms with Crippen LogP contribution in [0.2, 0.25) is 0 Å². The van der Waals surface area contributed by atoms with Crippen LogP contribution in [0.4, 0.5) is 0 Å². The molecule has 1 aliphatic heterocycles. The number of nitrogens with zero attached hydrogens (tertiary/aromatic N) is 1. The predicted molar refractivity (Wildman–Crippen MR) is 112 cm³/mol. The fraction of sp³-hybridized carbons (Fsp3) is 0.304. The SMILES string of the molecule is COc1cc2c(cc1CNC(=O)Cn1cc(C(C)=O)c3ccccc31)OCCCO2. The van der Waals surface area contributed by atoms with Crippen molar-refractivity contribution >= 4 is 22.6 Å². The summed E-state index contributed by atoms with van der Waals surface area (Å²) in [7, 11) is 1.58. The van der Waals surface area contributed by atoms with Crippen LogP contribution in [0.25, 0.3) is 10.9 Å². The number of benzene rings is 2. The van der Waals surface area contributed by atoms with Gasteiger partial charge in [-0.15, -0.1) is 0 Å². The van der Waals surface area contributed by atoms with Crippen LogP contribution in [-0.2, 0) is 17.9 Å². The van der Waals surface area contributed by atoms with Crippen LogP contribution in [0.15, 0.2) is 42.6 Å². The van der Waals surface area contributed by atoms with Crippen LogP contribution in [0.3, 0.4) is 0 Å². The third-order valence-corrected chi connectivity index (χ3v) is 5.11. The second kappa shape index (κ2) is 8.49. The van der Waals surface area contributed by atoms with Crippen molar-refractivity contribution in [2.24, 2.45) is 0 Å². The number of amides is 1. The highest BCUT2D eigenvalue weighted by atomic mass is 16.5. The van der Waals surface area contributed by atoms with Crippen molar-refractivity contribution in [1.82, 2.24) is 9.88 Å². The molecule has 0 atom stereocenters. The second-order valence-electron chi connectivity index (χ2n) is 7.18. The Morgan fingerprint density at radius 3 is 2.60 bits per heavy atom. The molecule has 2 heterocycles. The van der Waals surface area contributed by atoms with Gasteiger partial charge in [0.1, 0.15) is 12.3 Å². The number of methoxy groups -OCH3 is 1. The topological polar surface area (TPSA) is 78.8 Å². The summed E-state index contributed by atoms with van der Waals surface area (Å²) in [6.45, 7) is 3.12. The molecule has 1 N–H and O–H groups in total. The molecule has 0 saturated carbocycles. The van der Waals surface area contributed by atoms with Crippen LogP contribution in [0.5, 0.6) is 17.2 Å². The van der Waals surface area contributed by atoms with Gasteiger partial charge in [0.25, 0.3) is 0 Å². The lowest BCUT2D eigenvalue weighted by Gasteiger charge is -2.14. The Bertz CT molecular complexity index is 1100. The summed E-state index contributed by atoms with van der Waals surface area (Å²) in [6, 6.07) is 11.2. The molecule has 1 amide bonds. The number of nitrogens with one attached hydrogen (secondary N) is 1. The van der Waals surface area contributed by atoms with E-state index in [1.807, 2.05) is 30.3 Å². The number of rotatable bonds is 6. The molecule has 4 rings (SSSR count). The van der Waals surface area contributed by atoms with Crippen LogP contribution in [-0.4, -0.2) is 36.6 Å². The summed E-state index contributed by atoms with van der Waals surface area (Å²) >= 11 is 0. The summed E-state index contributed by atoms with van der Waals surface area (Å²) in [5.41, 5.74) is 2.27. The van der Waals surface area contributed by atoms with Gasteiger partial charge in [-0.2, -0.15) is 0 Å². The summed E-state index contributed by atoms with van der Waals surface area (Å²) in [5, 5.41) is 3.78. The molecule has 0 bridgehead atoms. The molecule has 3 aromatic rings. The minimum Gasteiger partial charge on any atom is -0.496 e. The van der Waals surface area contributed by atoms with Crippen LogP contribution in [0.1, 0.15) is 29.3 Å². The van der Waals surface area contributed by atoms with Crippen molar-refractivity contribution in [2.45, 2.75) is 26.4 Å². The van der Waals surface area contributed by atoms with Gasteiger partial charge in [-0.1, -0.05) is 18.2 Å².